The van der Waals surface area contributed by atoms with Gasteiger partial charge in [-0.15, -0.1) is 0 Å². The number of alkyl halides is 3. The molecule has 5 rings (SSSR count). The summed E-state index contributed by atoms with van der Waals surface area (Å²) < 4.78 is 74.3. The van der Waals surface area contributed by atoms with Crippen LogP contribution in [0.15, 0.2) is 15.3 Å². The molecule has 56 heavy (non-hydrogen) atoms. The summed E-state index contributed by atoms with van der Waals surface area (Å²) in [7, 11) is 0. The zero-order valence-corrected chi connectivity index (χ0v) is 34.4. The van der Waals surface area contributed by atoms with Gasteiger partial charge in [-0.25, -0.2) is 8.78 Å². The van der Waals surface area contributed by atoms with Gasteiger partial charge in [0.05, 0.1) is 9.67 Å². The van der Waals surface area contributed by atoms with Crippen molar-refractivity contribution in [2.45, 2.75) is 122 Å². The summed E-state index contributed by atoms with van der Waals surface area (Å²) in [5, 5.41) is 5.65. The van der Waals surface area contributed by atoms with Gasteiger partial charge in [0, 0.05) is 65.4 Å². The molecule has 4 aliphatic rings. The Morgan fingerprint density at radius 3 is 2.07 bits per heavy atom. The Labute approximate surface area is 333 Å². The largest absolute Gasteiger partial charge is 0.450 e. The number of hydrogen-bond donors (Lipinski definition) is 3. The molecule has 6 atom stereocenters. The van der Waals surface area contributed by atoms with Gasteiger partial charge in [0.25, 0.3) is 0 Å². The number of piperidine rings is 1. The van der Waals surface area contributed by atoms with Crippen LogP contribution in [-0.2, 0) is 30.4 Å². The smallest absolute Gasteiger partial charge is 0.351 e. The maximum Gasteiger partial charge on any atom is 0.450 e. The van der Waals surface area contributed by atoms with Gasteiger partial charge in [-0.2, -0.15) is 16.4 Å². The number of nitrogens with one attached hydrogen (secondary N) is 2. The molecular weight excluding hydrogens is 856 g/mol. The quantitative estimate of drug-likeness (QED) is 0.199. The number of ketones is 1. The number of aryl methyl sites for hydroxylation is 1. The summed E-state index contributed by atoms with van der Waals surface area (Å²) >= 11 is -1.30. The SMILES string of the molecule is Cc1cc(F)c(CC(CC(=O)C2CCN3C(C(F)(F)F)=NI=C3C2)NC(=O)C2CCCN2C(=O)C(NC(=O)C2CCCN2C(=O)C(N)C(C)C)C(C)C)cc1F. The Bertz CT molecular complexity index is 1770. The highest BCUT2D eigenvalue weighted by Crippen LogP contribution is 2.35. The normalized spacial score (nSPS) is 22.9. The maximum atomic E-state index is 15.1. The summed E-state index contributed by atoms with van der Waals surface area (Å²) in [6.07, 6.45) is -3.21. The van der Waals surface area contributed by atoms with Gasteiger partial charge in [-0.05, 0) is 80.5 Å². The molecule has 3 fully saturated rings. The van der Waals surface area contributed by atoms with Crippen molar-refractivity contribution in [3.8, 4) is 0 Å². The first kappa shape index (κ1) is 43.6. The van der Waals surface area contributed by atoms with E-state index in [4.69, 9.17) is 5.73 Å². The van der Waals surface area contributed by atoms with E-state index in [0.29, 0.717) is 29.4 Å². The minimum absolute atomic E-state index is 0.0358. The summed E-state index contributed by atoms with van der Waals surface area (Å²) in [4.78, 5) is 72.5. The number of benzene rings is 1. The fourth-order valence-corrected chi connectivity index (χ4v) is 10.2. The Kier molecular flexibility index (Phi) is 14.0. The molecule has 4 N–H and O–H groups in total. The molecule has 0 aliphatic carbocycles. The van der Waals surface area contributed by atoms with Crippen LogP contribution in [0.3, 0.4) is 0 Å². The van der Waals surface area contributed by atoms with Crippen molar-refractivity contribution in [3.63, 3.8) is 0 Å². The first-order chi connectivity index (χ1) is 26.3. The molecule has 1 aromatic rings. The van der Waals surface area contributed by atoms with Crippen molar-refractivity contribution in [1.82, 2.24) is 25.3 Å². The lowest BCUT2D eigenvalue weighted by Gasteiger charge is -2.34. The average Bonchev–Trinajstić information content (AvgIpc) is 3.91. The van der Waals surface area contributed by atoms with Gasteiger partial charge >= 0.3 is 6.18 Å². The molecule has 6 unspecified atom stereocenters. The van der Waals surface area contributed by atoms with Crippen LogP contribution >= 0.6 is 21.0 Å². The number of nitrogens with two attached hydrogens (primary N) is 1. The van der Waals surface area contributed by atoms with Crippen LogP contribution in [-0.4, -0.2) is 110 Å². The van der Waals surface area contributed by atoms with Crippen molar-refractivity contribution in [1.29, 1.82) is 0 Å². The first-order valence-electron chi connectivity index (χ1n) is 19.2. The third-order valence-corrected chi connectivity index (χ3v) is 13.4. The van der Waals surface area contributed by atoms with Gasteiger partial charge in [0.1, 0.15) is 35.5 Å². The Hall–Kier alpha value is -3.55. The minimum Gasteiger partial charge on any atom is -0.351 e. The second-order valence-electron chi connectivity index (χ2n) is 15.9. The van der Waals surface area contributed by atoms with E-state index in [-0.39, 0.29) is 73.9 Å². The highest BCUT2D eigenvalue weighted by molar-refractivity contribution is 14.2. The Morgan fingerprint density at radius 1 is 0.875 bits per heavy atom. The monoisotopic (exact) mass is 907 g/mol. The number of carbonyl (C=O) groups excluding carboxylic acids is 5. The van der Waals surface area contributed by atoms with Gasteiger partial charge in [0.15, 0.2) is 0 Å². The fourth-order valence-electron chi connectivity index (χ4n) is 7.75. The summed E-state index contributed by atoms with van der Waals surface area (Å²) in [5.74, 6) is -5.79. The molecule has 4 aliphatic heterocycles. The number of carbonyl (C=O) groups is 5. The van der Waals surface area contributed by atoms with Gasteiger partial charge in [0.2, 0.25) is 29.5 Å². The minimum atomic E-state index is -4.60. The second kappa shape index (κ2) is 17.9. The van der Waals surface area contributed by atoms with Crippen molar-refractivity contribution >= 4 is 59.9 Å². The van der Waals surface area contributed by atoms with Crippen LogP contribution in [0.1, 0.15) is 83.8 Å². The van der Waals surface area contributed by atoms with E-state index in [9.17, 15) is 41.5 Å². The fraction of sp³-hybridized carbons (Fsp3) is 0.658. The number of amidine groups is 1. The molecule has 310 valence electrons. The molecule has 3 saturated heterocycles. The number of hydrogen-bond acceptors (Lipinski definition) is 8. The summed E-state index contributed by atoms with van der Waals surface area (Å²) in [6.45, 7) is 9.08. The molecule has 0 aromatic heterocycles. The molecule has 12 nitrogen and oxygen atoms in total. The topological polar surface area (TPSA) is 158 Å². The van der Waals surface area contributed by atoms with Crippen LogP contribution in [0.5, 0.6) is 0 Å². The molecule has 18 heteroatoms. The molecule has 1 aromatic carbocycles. The Balaban J connectivity index is 1.29. The average molecular weight is 908 g/mol. The number of rotatable bonds is 13. The van der Waals surface area contributed by atoms with Crippen LogP contribution in [0, 0.1) is 36.3 Å². The molecule has 0 radical (unpaired) electrons. The Morgan fingerprint density at radius 2 is 1.48 bits per heavy atom. The maximum absolute atomic E-state index is 15.1. The number of likely N-dealkylation sites (tertiary alicyclic amines) is 2. The van der Waals surface area contributed by atoms with Crippen molar-refractivity contribution < 1.29 is 45.9 Å². The first-order valence-corrected chi connectivity index (χ1v) is 21.2. The predicted octanol–water partition coefficient (Wildman–Crippen LogP) is 4.07. The van der Waals surface area contributed by atoms with Crippen molar-refractivity contribution in [2.75, 3.05) is 19.6 Å². The van der Waals surface area contributed by atoms with Gasteiger partial charge < -0.3 is 31.1 Å². The van der Waals surface area contributed by atoms with Crippen LogP contribution < -0.4 is 16.4 Å². The van der Waals surface area contributed by atoms with Crippen LogP contribution in [0.2, 0.25) is 0 Å². The molecule has 4 amide bonds. The molecular formula is C38H51F5IN7O5. The highest BCUT2D eigenvalue weighted by Gasteiger charge is 2.46. The number of halogens is 6. The van der Waals surface area contributed by atoms with E-state index >= 15 is 4.39 Å². The third-order valence-electron chi connectivity index (χ3n) is 11.1. The number of Topliss-reactive ketones (excluding diaryl/α,β-unsaturated/α-hetero) is 1. The van der Waals surface area contributed by atoms with E-state index in [1.165, 1.54) is 16.7 Å². The second-order valence-corrected chi connectivity index (χ2v) is 18.1. The zero-order valence-electron chi connectivity index (χ0n) is 32.2. The van der Waals surface area contributed by atoms with Crippen LogP contribution in [0.4, 0.5) is 22.0 Å². The standard InChI is InChI=1S/C38H51F5IN7O5/c1-19(2)31(45)35(55)49-11-6-9-28(49)34(54)47-32(20(3)4)36(56)50-12-7-8-27(50)33(53)46-24(15-23-16-25(39)21(5)14-26(23)40)18-29(52)22-10-13-51-30(17-22)44-48-37(51)38(41,42)43/h14,16,19-20,22,24,27-28,31-32H,6-13,15,17-18,45H2,1-5H3,(H,46,53)(H,47,54). The highest BCUT2D eigenvalue weighted by atomic mass is 127. The number of amides is 4. The van der Waals surface area contributed by atoms with Crippen molar-refractivity contribution in [3.05, 3.63) is 34.9 Å². The lowest BCUT2D eigenvalue weighted by molar-refractivity contribution is -0.144. The molecule has 0 bridgehead atoms. The van der Waals surface area contributed by atoms with E-state index < -0.39 is 104 Å². The van der Waals surface area contributed by atoms with Gasteiger partial charge in [-0.3, -0.25) is 24.0 Å². The van der Waals surface area contributed by atoms with Gasteiger partial charge in [-0.1, -0.05) is 27.7 Å². The number of nitrogens with zero attached hydrogens (tertiary/aromatic N) is 4. The summed E-state index contributed by atoms with van der Waals surface area (Å²) in [6, 6.07) is -2.60. The lowest BCUT2D eigenvalue weighted by Crippen LogP contribution is -2.59. The predicted molar refractivity (Wildman–Crippen MR) is 207 cm³/mol. The van der Waals surface area contributed by atoms with E-state index in [1.807, 2.05) is 13.8 Å². The summed E-state index contributed by atoms with van der Waals surface area (Å²) in [5.41, 5.74) is 6.11. The molecule has 4 heterocycles. The van der Waals surface area contributed by atoms with E-state index in [1.54, 1.807) is 13.8 Å². The third kappa shape index (κ3) is 9.76. The molecule has 0 saturated carbocycles. The molecule has 0 spiro atoms. The zero-order chi connectivity index (χ0) is 41.2. The lowest BCUT2D eigenvalue weighted by atomic mass is 9.87. The van der Waals surface area contributed by atoms with E-state index in [0.717, 1.165) is 17.0 Å². The van der Waals surface area contributed by atoms with E-state index in [2.05, 4.69) is 13.8 Å². The number of fused-ring (bicyclic) bond motifs is 1. The van der Waals surface area contributed by atoms with Crippen LogP contribution in [0.25, 0.3) is 0 Å². The van der Waals surface area contributed by atoms with Crippen molar-refractivity contribution in [2.24, 2.45) is 26.7 Å².